The van der Waals surface area contributed by atoms with Crippen LogP contribution in [0.4, 0.5) is 0 Å². The summed E-state index contributed by atoms with van der Waals surface area (Å²) >= 11 is 0. The van der Waals surface area contributed by atoms with Gasteiger partial charge in [0, 0.05) is 10.8 Å². The number of fused-ring (bicyclic) bond motifs is 7. The van der Waals surface area contributed by atoms with Crippen LogP contribution in [0, 0.1) is 0 Å². The standard InChI is InChI=1S/C52H32O/c1-2-14-34(15-3-1)50-42-19-8-10-21-44(42)51(45-22-11-9-20-43(45)50)46-30-29-40(38-17-6-7-18-39(38)46)41-23-12-24-48-52(41)47-28-27-37(32-49(47)53-48)36-26-25-33-13-4-5-16-35(33)31-36/h1-32H/i6D,7D,17D,18D,29D,30D. The fourth-order valence-electron chi connectivity index (χ4n) is 8.22. The lowest BCUT2D eigenvalue weighted by atomic mass is 9.83. The van der Waals surface area contributed by atoms with Crippen LogP contribution < -0.4 is 0 Å². The van der Waals surface area contributed by atoms with E-state index in [1.807, 2.05) is 97.1 Å². The van der Waals surface area contributed by atoms with E-state index >= 15 is 0 Å². The van der Waals surface area contributed by atoms with E-state index in [0.717, 1.165) is 60.0 Å². The molecule has 246 valence electrons. The molecule has 1 heteroatoms. The Bertz CT molecular complexity index is 3510. The van der Waals surface area contributed by atoms with Crippen LogP contribution in [0.2, 0.25) is 0 Å². The summed E-state index contributed by atoms with van der Waals surface area (Å²) in [7, 11) is 0. The SMILES string of the molecule is [2H]c1c([2H])c([2H])c2c(-c3cccc4oc5cc(-c6ccc7ccccc7c6)ccc5c34)c([2H])c([2H])c(-c3c4ccccc4c(-c4ccccc4)c4ccccc34)c2c1[2H]. The lowest BCUT2D eigenvalue weighted by molar-refractivity contribution is 0.669. The predicted octanol–water partition coefficient (Wildman–Crippen LogP) is 14.9. The number of hydrogen-bond donors (Lipinski definition) is 0. The third kappa shape index (κ3) is 4.64. The van der Waals surface area contributed by atoms with Crippen LogP contribution in [-0.4, -0.2) is 0 Å². The normalized spacial score (nSPS) is 13.4. The van der Waals surface area contributed by atoms with Crippen molar-refractivity contribution in [3.63, 3.8) is 0 Å². The van der Waals surface area contributed by atoms with Gasteiger partial charge in [-0.25, -0.2) is 0 Å². The van der Waals surface area contributed by atoms with Crippen LogP contribution in [0.3, 0.4) is 0 Å². The summed E-state index contributed by atoms with van der Waals surface area (Å²) in [6, 6.07) is 50.9. The van der Waals surface area contributed by atoms with Gasteiger partial charge in [-0.1, -0.05) is 170 Å². The second-order valence-corrected chi connectivity index (χ2v) is 13.5. The van der Waals surface area contributed by atoms with Crippen molar-refractivity contribution >= 4 is 65.0 Å². The maximum absolute atomic E-state index is 9.92. The average Bonchev–Trinajstić information content (AvgIpc) is 3.66. The summed E-state index contributed by atoms with van der Waals surface area (Å²) in [5, 5.41) is 7.74. The quantitative estimate of drug-likeness (QED) is 0.169. The first-order valence-electron chi connectivity index (χ1n) is 20.8. The minimum absolute atomic E-state index is 0.122. The summed E-state index contributed by atoms with van der Waals surface area (Å²) in [6.07, 6.45) is 0. The molecular formula is C52H32O. The van der Waals surface area contributed by atoms with Crippen molar-refractivity contribution in [3.8, 4) is 44.5 Å². The molecule has 0 aliphatic carbocycles. The average molecular weight is 679 g/mol. The molecule has 0 aliphatic rings. The molecule has 1 aromatic heterocycles. The lowest BCUT2D eigenvalue weighted by Crippen LogP contribution is -1.92. The highest BCUT2D eigenvalue weighted by molar-refractivity contribution is 6.25. The first-order valence-corrected chi connectivity index (χ1v) is 17.8. The Hall–Kier alpha value is -6.96. The molecule has 11 rings (SSSR count). The number of rotatable bonds is 4. The van der Waals surface area contributed by atoms with Crippen molar-refractivity contribution in [3.05, 3.63) is 194 Å². The predicted molar refractivity (Wildman–Crippen MR) is 225 cm³/mol. The largest absolute Gasteiger partial charge is 0.456 e. The summed E-state index contributed by atoms with van der Waals surface area (Å²) in [4.78, 5) is 0. The van der Waals surface area contributed by atoms with Gasteiger partial charge in [0.1, 0.15) is 11.2 Å². The zero-order valence-electron chi connectivity index (χ0n) is 34.4. The smallest absolute Gasteiger partial charge is 0.136 e. The van der Waals surface area contributed by atoms with Crippen LogP contribution in [0.15, 0.2) is 198 Å². The molecule has 1 heterocycles. The molecular weight excluding hydrogens is 641 g/mol. The molecule has 1 nitrogen and oxygen atoms in total. The van der Waals surface area contributed by atoms with Gasteiger partial charge in [0.25, 0.3) is 0 Å². The van der Waals surface area contributed by atoms with Crippen molar-refractivity contribution in [1.29, 1.82) is 0 Å². The molecule has 0 bridgehead atoms. The fraction of sp³-hybridized carbons (Fsp3) is 0. The Morgan fingerprint density at radius 1 is 0.340 bits per heavy atom. The second-order valence-electron chi connectivity index (χ2n) is 13.5. The molecule has 0 fully saturated rings. The van der Waals surface area contributed by atoms with E-state index in [2.05, 4.69) is 60.7 Å². The molecule has 0 amide bonds. The topological polar surface area (TPSA) is 13.1 Å². The van der Waals surface area contributed by atoms with Gasteiger partial charge < -0.3 is 4.42 Å². The van der Waals surface area contributed by atoms with E-state index in [0.29, 0.717) is 33.2 Å². The molecule has 11 aromatic rings. The van der Waals surface area contributed by atoms with Gasteiger partial charge in [-0.05, 0) is 112 Å². The maximum Gasteiger partial charge on any atom is 0.136 e. The Morgan fingerprint density at radius 2 is 0.943 bits per heavy atom. The van der Waals surface area contributed by atoms with E-state index in [9.17, 15) is 5.48 Å². The van der Waals surface area contributed by atoms with Crippen molar-refractivity contribution in [2.75, 3.05) is 0 Å². The van der Waals surface area contributed by atoms with E-state index in [1.54, 1.807) is 0 Å². The third-order valence-corrected chi connectivity index (χ3v) is 10.6. The van der Waals surface area contributed by atoms with Crippen LogP contribution in [-0.2, 0) is 0 Å². The van der Waals surface area contributed by atoms with Crippen LogP contribution in [0.25, 0.3) is 110 Å². The number of benzene rings is 10. The van der Waals surface area contributed by atoms with Gasteiger partial charge in [-0.3, -0.25) is 0 Å². The first kappa shape index (κ1) is 24.3. The summed E-state index contributed by atoms with van der Waals surface area (Å²) in [5.74, 6) is 0. The molecule has 0 radical (unpaired) electrons. The monoisotopic (exact) mass is 678 g/mol. The molecule has 0 saturated carbocycles. The minimum atomic E-state index is -0.398. The summed E-state index contributed by atoms with van der Waals surface area (Å²) in [6.45, 7) is 0. The lowest BCUT2D eigenvalue weighted by Gasteiger charge is -2.19. The van der Waals surface area contributed by atoms with E-state index in [-0.39, 0.29) is 40.5 Å². The molecule has 0 spiro atoms. The van der Waals surface area contributed by atoms with Crippen molar-refractivity contribution in [2.45, 2.75) is 0 Å². The highest BCUT2D eigenvalue weighted by Crippen LogP contribution is 2.47. The Balaban J connectivity index is 1.23. The van der Waals surface area contributed by atoms with Crippen molar-refractivity contribution in [2.24, 2.45) is 0 Å². The third-order valence-electron chi connectivity index (χ3n) is 10.6. The molecule has 53 heavy (non-hydrogen) atoms. The molecule has 0 saturated heterocycles. The molecule has 0 aliphatic heterocycles. The second kappa shape index (κ2) is 11.8. The summed E-state index contributed by atoms with van der Waals surface area (Å²) < 4.78 is 63.1. The fourth-order valence-corrected chi connectivity index (χ4v) is 8.22. The molecule has 0 atom stereocenters. The first-order chi connectivity index (χ1) is 28.8. The van der Waals surface area contributed by atoms with Gasteiger partial charge in [0.05, 0.1) is 8.22 Å². The van der Waals surface area contributed by atoms with Gasteiger partial charge in [-0.2, -0.15) is 0 Å². The zero-order valence-corrected chi connectivity index (χ0v) is 28.4. The van der Waals surface area contributed by atoms with Crippen LogP contribution >= 0.6 is 0 Å². The van der Waals surface area contributed by atoms with Gasteiger partial charge in [-0.15, -0.1) is 0 Å². The number of hydrogen-bond acceptors (Lipinski definition) is 1. The van der Waals surface area contributed by atoms with E-state index in [4.69, 9.17) is 7.16 Å². The van der Waals surface area contributed by atoms with E-state index in [1.165, 1.54) is 0 Å². The van der Waals surface area contributed by atoms with Crippen LogP contribution in [0.5, 0.6) is 0 Å². The maximum atomic E-state index is 9.92. The van der Waals surface area contributed by atoms with Gasteiger partial charge >= 0.3 is 0 Å². The van der Waals surface area contributed by atoms with Gasteiger partial charge in [0.2, 0.25) is 0 Å². The minimum Gasteiger partial charge on any atom is -0.456 e. The van der Waals surface area contributed by atoms with Crippen molar-refractivity contribution < 1.29 is 12.6 Å². The van der Waals surface area contributed by atoms with Gasteiger partial charge in [0.15, 0.2) is 0 Å². The molecule has 0 unspecified atom stereocenters. The highest BCUT2D eigenvalue weighted by Gasteiger charge is 2.20. The van der Waals surface area contributed by atoms with Crippen molar-refractivity contribution in [1.82, 2.24) is 0 Å². The number of furan rings is 1. The Kier molecular flexibility index (Phi) is 5.40. The molecule has 0 N–H and O–H groups in total. The van der Waals surface area contributed by atoms with Crippen LogP contribution in [0.1, 0.15) is 8.22 Å². The summed E-state index contributed by atoms with van der Waals surface area (Å²) in [5.41, 5.74) is 7.11. The Morgan fingerprint density at radius 3 is 1.70 bits per heavy atom. The molecule has 10 aromatic carbocycles. The van der Waals surface area contributed by atoms with E-state index < -0.39 is 12.1 Å². The zero-order chi connectivity index (χ0) is 40.1. The highest BCUT2D eigenvalue weighted by atomic mass is 16.3. The Labute approximate surface area is 315 Å².